The molecule has 1 aromatic carbocycles. The van der Waals surface area contributed by atoms with Crippen molar-refractivity contribution in [2.45, 2.75) is 58.8 Å². The van der Waals surface area contributed by atoms with Gasteiger partial charge in [0.15, 0.2) is 0 Å². The van der Waals surface area contributed by atoms with Crippen molar-refractivity contribution in [3.05, 3.63) is 29.8 Å². The maximum absolute atomic E-state index is 12.9. The minimum atomic E-state index is -0.206. The molecule has 0 aromatic heterocycles. The van der Waals surface area contributed by atoms with E-state index in [-0.39, 0.29) is 23.7 Å². The highest BCUT2D eigenvalue weighted by Gasteiger charge is 2.54. The van der Waals surface area contributed by atoms with Crippen LogP contribution in [-0.4, -0.2) is 17.5 Å². The van der Waals surface area contributed by atoms with Gasteiger partial charge < -0.3 is 5.32 Å². The molecule has 2 N–H and O–H groups in total. The molecule has 27 heavy (non-hydrogen) atoms. The van der Waals surface area contributed by atoms with Gasteiger partial charge in [0.25, 0.3) is 0 Å². The molecule has 5 nitrogen and oxygen atoms in total. The molecule has 4 aliphatic carbocycles. The lowest BCUT2D eigenvalue weighted by Gasteiger charge is -2.55. The summed E-state index contributed by atoms with van der Waals surface area (Å²) in [7, 11) is 0. The molecule has 4 aliphatic rings. The number of hydrazone groups is 1. The van der Waals surface area contributed by atoms with Crippen LogP contribution in [0.4, 0.5) is 5.69 Å². The molecular formula is C22H29N3O2. The SMILES string of the molecule is C/C(CC(=O)Nc1cccc(C)c1)=N\NC(=O)C12CC3CC(CC(C3)C1)C2. The molecule has 1 aromatic rings. The molecule has 0 heterocycles. The Balaban J connectivity index is 1.32. The fourth-order valence-corrected chi connectivity index (χ4v) is 5.85. The van der Waals surface area contributed by atoms with Crippen molar-refractivity contribution in [3.8, 4) is 0 Å². The summed E-state index contributed by atoms with van der Waals surface area (Å²) in [6, 6.07) is 7.70. The summed E-state index contributed by atoms with van der Waals surface area (Å²) in [6.07, 6.45) is 7.18. The second-order valence-corrected chi connectivity index (χ2v) is 9.08. The van der Waals surface area contributed by atoms with Crippen LogP contribution in [0.1, 0.15) is 57.4 Å². The molecule has 144 valence electrons. The molecule has 0 spiro atoms. The van der Waals surface area contributed by atoms with Gasteiger partial charge >= 0.3 is 0 Å². The minimum Gasteiger partial charge on any atom is -0.326 e. The van der Waals surface area contributed by atoms with Crippen molar-refractivity contribution >= 4 is 23.2 Å². The molecule has 0 aliphatic heterocycles. The van der Waals surface area contributed by atoms with Crippen LogP contribution in [0.5, 0.6) is 0 Å². The number of benzene rings is 1. The predicted molar refractivity (Wildman–Crippen MR) is 106 cm³/mol. The Kier molecular flexibility index (Phi) is 4.79. The number of rotatable bonds is 5. The van der Waals surface area contributed by atoms with E-state index in [1.54, 1.807) is 6.92 Å². The summed E-state index contributed by atoms with van der Waals surface area (Å²) in [6.45, 7) is 3.78. The number of amides is 2. The van der Waals surface area contributed by atoms with Gasteiger partial charge in [-0.15, -0.1) is 0 Å². The first kappa shape index (κ1) is 18.2. The van der Waals surface area contributed by atoms with Gasteiger partial charge in [-0.2, -0.15) is 5.10 Å². The average Bonchev–Trinajstić information content (AvgIpc) is 2.58. The predicted octanol–water partition coefficient (Wildman–Crippen LogP) is 4.03. The zero-order valence-electron chi connectivity index (χ0n) is 16.3. The third-order valence-electron chi connectivity index (χ3n) is 6.59. The highest BCUT2D eigenvalue weighted by atomic mass is 16.2. The van der Waals surface area contributed by atoms with Crippen LogP contribution < -0.4 is 10.7 Å². The Labute approximate surface area is 161 Å². The molecule has 4 bridgehead atoms. The first-order valence-electron chi connectivity index (χ1n) is 10.1. The van der Waals surface area contributed by atoms with E-state index in [1.165, 1.54) is 19.3 Å². The fraction of sp³-hybridized carbons (Fsp3) is 0.591. The van der Waals surface area contributed by atoms with E-state index >= 15 is 0 Å². The van der Waals surface area contributed by atoms with Crippen molar-refractivity contribution in [2.75, 3.05) is 5.32 Å². The molecule has 0 radical (unpaired) electrons. The summed E-state index contributed by atoms with van der Waals surface area (Å²) in [5.74, 6) is 2.14. The van der Waals surface area contributed by atoms with Gasteiger partial charge in [-0.25, -0.2) is 5.43 Å². The Morgan fingerprint density at radius 3 is 2.33 bits per heavy atom. The topological polar surface area (TPSA) is 70.6 Å². The Morgan fingerprint density at radius 2 is 1.74 bits per heavy atom. The number of hydrogen-bond acceptors (Lipinski definition) is 3. The molecule has 0 saturated heterocycles. The summed E-state index contributed by atoms with van der Waals surface area (Å²) in [5.41, 5.74) is 5.09. The number of nitrogens with one attached hydrogen (secondary N) is 2. The van der Waals surface area contributed by atoms with Gasteiger partial charge in [0, 0.05) is 11.4 Å². The van der Waals surface area contributed by atoms with Crippen LogP contribution in [0.25, 0.3) is 0 Å². The fourth-order valence-electron chi connectivity index (χ4n) is 5.85. The monoisotopic (exact) mass is 367 g/mol. The second-order valence-electron chi connectivity index (χ2n) is 9.08. The maximum Gasteiger partial charge on any atom is 0.246 e. The van der Waals surface area contributed by atoms with Crippen LogP contribution in [0.2, 0.25) is 0 Å². The first-order chi connectivity index (χ1) is 12.9. The standard InChI is InChI=1S/C22H29N3O2/c1-14-4-3-5-19(6-14)23-20(26)7-15(2)24-25-21(27)22-11-16-8-17(12-22)10-18(9-16)13-22/h3-6,16-18H,7-13H2,1-2H3,(H,23,26)(H,25,27)/b24-15+. The summed E-state index contributed by atoms with van der Waals surface area (Å²) >= 11 is 0. The Morgan fingerprint density at radius 1 is 1.11 bits per heavy atom. The van der Waals surface area contributed by atoms with E-state index in [9.17, 15) is 9.59 Å². The van der Waals surface area contributed by atoms with Gasteiger partial charge in [-0.1, -0.05) is 12.1 Å². The zero-order valence-corrected chi connectivity index (χ0v) is 16.3. The third kappa shape index (κ3) is 3.92. The van der Waals surface area contributed by atoms with Crippen LogP contribution in [-0.2, 0) is 9.59 Å². The number of nitrogens with zero attached hydrogens (tertiary/aromatic N) is 1. The Hall–Kier alpha value is -2.17. The van der Waals surface area contributed by atoms with E-state index < -0.39 is 0 Å². The number of aryl methyl sites for hydroxylation is 1. The normalized spacial score (nSPS) is 31.6. The molecule has 2 amide bonds. The average molecular weight is 367 g/mol. The smallest absolute Gasteiger partial charge is 0.246 e. The van der Waals surface area contributed by atoms with E-state index in [1.807, 2.05) is 31.2 Å². The lowest BCUT2D eigenvalue weighted by molar-refractivity contribution is -0.146. The quantitative estimate of drug-likeness (QED) is 0.609. The van der Waals surface area contributed by atoms with E-state index in [4.69, 9.17) is 0 Å². The summed E-state index contributed by atoms with van der Waals surface area (Å²) in [4.78, 5) is 25.1. The molecule has 4 saturated carbocycles. The van der Waals surface area contributed by atoms with Crippen LogP contribution >= 0.6 is 0 Å². The molecule has 4 fully saturated rings. The van der Waals surface area contributed by atoms with Crippen LogP contribution in [0.3, 0.4) is 0 Å². The number of carbonyl (C=O) groups excluding carboxylic acids is 2. The van der Waals surface area contributed by atoms with Gasteiger partial charge in [-0.3, -0.25) is 9.59 Å². The highest BCUT2D eigenvalue weighted by molar-refractivity contribution is 6.05. The largest absolute Gasteiger partial charge is 0.326 e. The summed E-state index contributed by atoms with van der Waals surface area (Å²) in [5, 5.41) is 7.11. The summed E-state index contributed by atoms with van der Waals surface area (Å²) < 4.78 is 0. The lowest BCUT2D eigenvalue weighted by Crippen LogP contribution is -2.52. The van der Waals surface area contributed by atoms with Crippen molar-refractivity contribution in [2.24, 2.45) is 28.3 Å². The molecular weight excluding hydrogens is 338 g/mol. The minimum absolute atomic E-state index is 0.0695. The molecule has 0 atom stereocenters. The third-order valence-corrected chi connectivity index (χ3v) is 6.59. The van der Waals surface area contributed by atoms with E-state index in [2.05, 4.69) is 15.8 Å². The maximum atomic E-state index is 12.9. The molecule has 5 heteroatoms. The first-order valence-corrected chi connectivity index (χ1v) is 10.1. The van der Waals surface area contributed by atoms with Crippen molar-refractivity contribution in [3.63, 3.8) is 0 Å². The van der Waals surface area contributed by atoms with Crippen molar-refractivity contribution in [1.82, 2.24) is 5.43 Å². The van der Waals surface area contributed by atoms with E-state index in [0.29, 0.717) is 5.71 Å². The van der Waals surface area contributed by atoms with Gasteiger partial charge in [0.05, 0.1) is 11.8 Å². The molecule has 0 unspecified atom stereocenters. The lowest BCUT2D eigenvalue weighted by atomic mass is 9.49. The van der Waals surface area contributed by atoms with Gasteiger partial charge in [0.2, 0.25) is 11.8 Å². The van der Waals surface area contributed by atoms with Crippen LogP contribution in [0, 0.1) is 30.1 Å². The van der Waals surface area contributed by atoms with Crippen molar-refractivity contribution < 1.29 is 9.59 Å². The Bertz CT molecular complexity index is 748. The zero-order chi connectivity index (χ0) is 19.0. The number of hydrogen-bond donors (Lipinski definition) is 2. The van der Waals surface area contributed by atoms with Crippen LogP contribution in [0.15, 0.2) is 29.4 Å². The number of carbonyl (C=O) groups is 2. The van der Waals surface area contributed by atoms with E-state index in [0.717, 1.165) is 48.3 Å². The van der Waals surface area contributed by atoms with Gasteiger partial charge in [0.1, 0.15) is 0 Å². The number of anilines is 1. The molecule has 5 rings (SSSR count). The van der Waals surface area contributed by atoms with Crippen molar-refractivity contribution in [1.29, 1.82) is 0 Å². The highest BCUT2D eigenvalue weighted by Crippen LogP contribution is 2.60. The van der Waals surface area contributed by atoms with Gasteiger partial charge in [-0.05, 0) is 87.8 Å². The second kappa shape index (κ2) is 7.10.